The third kappa shape index (κ3) is 4.64. The molecule has 0 unspecified atom stereocenters. The zero-order chi connectivity index (χ0) is 16.7. The molecule has 23 heavy (non-hydrogen) atoms. The molecule has 2 aromatic carbocycles. The number of rotatable bonds is 6. The van der Waals surface area contributed by atoms with E-state index in [0.717, 1.165) is 11.3 Å². The highest BCUT2D eigenvalue weighted by atomic mass is 16.5. The van der Waals surface area contributed by atoms with Gasteiger partial charge in [-0.1, -0.05) is 44.2 Å². The molecule has 5 heteroatoms. The number of amides is 2. The van der Waals surface area contributed by atoms with Gasteiger partial charge in [-0.2, -0.15) is 0 Å². The Morgan fingerprint density at radius 1 is 1.04 bits per heavy atom. The molecule has 0 spiro atoms. The first-order valence-corrected chi connectivity index (χ1v) is 7.51. The Labute approximate surface area is 136 Å². The number of ether oxygens (including phenoxy) is 2. The van der Waals surface area contributed by atoms with Crippen LogP contribution < -0.4 is 20.1 Å². The van der Waals surface area contributed by atoms with E-state index in [0.29, 0.717) is 17.4 Å². The molecule has 0 aliphatic rings. The molecule has 0 heterocycles. The van der Waals surface area contributed by atoms with Gasteiger partial charge in [-0.3, -0.25) is 0 Å². The van der Waals surface area contributed by atoms with E-state index >= 15 is 0 Å². The Hall–Kier alpha value is -2.69. The minimum absolute atomic E-state index is 0.0516. The maximum absolute atomic E-state index is 12.0. The Balaban J connectivity index is 1.89. The topological polar surface area (TPSA) is 59.6 Å². The van der Waals surface area contributed by atoms with Gasteiger partial charge < -0.3 is 20.1 Å². The number of nitrogens with one attached hydrogen (secondary N) is 2. The lowest BCUT2D eigenvalue weighted by Crippen LogP contribution is -2.32. The fourth-order valence-corrected chi connectivity index (χ4v) is 2.20. The van der Waals surface area contributed by atoms with E-state index in [1.807, 2.05) is 36.4 Å². The smallest absolute Gasteiger partial charge is 0.321 e. The van der Waals surface area contributed by atoms with Gasteiger partial charge in [-0.15, -0.1) is 0 Å². The molecule has 2 N–H and O–H groups in total. The summed E-state index contributed by atoms with van der Waals surface area (Å²) in [5.74, 6) is 1.54. The summed E-state index contributed by atoms with van der Waals surface area (Å²) in [7, 11) is 1.57. The number of benzene rings is 2. The van der Waals surface area contributed by atoms with Crippen LogP contribution in [-0.4, -0.2) is 19.9 Å². The van der Waals surface area contributed by atoms with Crippen LogP contribution in [0, 0.1) is 0 Å². The van der Waals surface area contributed by atoms with Gasteiger partial charge in [0.1, 0.15) is 0 Å². The summed E-state index contributed by atoms with van der Waals surface area (Å²) in [4.78, 5) is 12.0. The molecule has 0 saturated carbocycles. The summed E-state index contributed by atoms with van der Waals surface area (Å²) in [5, 5.41) is 5.51. The van der Waals surface area contributed by atoms with E-state index in [-0.39, 0.29) is 12.8 Å². The molecule has 0 atom stereocenters. The van der Waals surface area contributed by atoms with Crippen molar-refractivity contribution in [2.24, 2.45) is 0 Å². The molecule has 0 fully saturated rings. The summed E-state index contributed by atoms with van der Waals surface area (Å²) in [6, 6.07) is 14.7. The van der Waals surface area contributed by atoms with Crippen molar-refractivity contribution in [3.05, 3.63) is 54.1 Å². The van der Waals surface area contributed by atoms with Crippen molar-refractivity contribution >= 4 is 11.7 Å². The average molecular weight is 314 g/mol. The maximum atomic E-state index is 12.0. The Bertz CT molecular complexity index is 656. The minimum atomic E-state index is -0.312. The molecule has 0 aromatic heterocycles. The van der Waals surface area contributed by atoms with Gasteiger partial charge in [-0.05, 0) is 29.7 Å². The van der Waals surface area contributed by atoms with E-state index in [1.54, 1.807) is 19.2 Å². The first-order chi connectivity index (χ1) is 11.1. The highest BCUT2D eigenvalue weighted by Crippen LogP contribution is 2.25. The molecule has 0 bridgehead atoms. The van der Waals surface area contributed by atoms with Crippen molar-refractivity contribution in [3.8, 4) is 11.5 Å². The van der Waals surface area contributed by atoms with Crippen LogP contribution in [-0.2, 0) is 0 Å². The number of methoxy groups -OCH3 is 1. The molecule has 0 aliphatic heterocycles. The Morgan fingerprint density at radius 3 is 2.39 bits per heavy atom. The van der Waals surface area contributed by atoms with Crippen molar-refractivity contribution in [1.29, 1.82) is 0 Å². The van der Waals surface area contributed by atoms with E-state index in [9.17, 15) is 4.79 Å². The fraction of sp³-hybridized carbons (Fsp3) is 0.278. The predicted octanol–water partition coefficient (Wildman–Crippen LogP) is 3.98. The second kappa shape index (κ2) is 8.08. The quantitative estimate of drug-likeness (QED) is 0.793. The molecule has 5 nitrogen and oxygen atoms in total. The second-order valence-corrected chi connectivity index (χ2v) is 5.31. The zero-order valence-electron chi connectivity index (χ0n) is 13.6. The third-order valence-electron chi connectivity index (χ3n) is 3.36. The molecular formula is C18H22N2O3. The van der Waals surface area contributed by atoms with Crippen LogP contribution in [0.5, 0.6) is 11.5 Å². The van der Waals surface area contributed by atoms with Crippen LogP contribution in [0.4, 0.5) is 10.5 Å². The molecule has 122 valence electrons. The molecule has 2 rings (SSSR count). The lowest BCUT2D eigenvalue weighted by atomic mass is 10.0. The summed E-state index contributed by atoms with van der Waals surface area (Å²) in [5.41, 5.74) is 1.89. The molecule has 0 radical (unpaired) electrons. The normalized spacial score (nSPS) is 10.3. The Morgan fingerprint density at radius 2 is 1.70 bits per heavy atom. The Kier molecular flexibility index (Phi) is 5.86. The highest BCUT2D eigenvalue weighted by Gasteiger charge is 2.09. The van der Waals surface area contributed by atoms with Crippen molar-refractivity contribution in [2.75, 3.05) is 19.2 Å². The summed E-state index contributed by atoms with van der Waals surface area (Å²) in [6.07, 6.45) is 0. The van der Waals surface area contributed by atoms with E-state index in [4.69, 9.17) is 9.47 Å². The van der Waals surface area contributed by atoms with Crippen molar-refractivity contribution in [2.45, 2.75) is 19.8 Å². The van der Waals surface area contributed by atoms with Gasteiger partial charge in [0.05, 0.1) is 7.11 Å². The summed E-state index contributed by atoms with van der Waals surface area (Å²) >= 11 is 0. The number of urea groups is 1. The number of hydrogen-bond donors (Lipinski definition) is 2. The average Bonchev–Trinajstić information content (AvgIpc) is 2.55. The largest absolute Gasteiger partial charge is 0.493 e. The third-order valence-corrected chi connectivity index (χ3v) is 3.36. The van der Waals surface area contributed by atoms with Crippen molar-refractivity contribution < 1.29 is 14.3 Å². The van der Waals surface area contributed by atoms with Gasteiger partial charge in [0, 0.05) is 5.69 Å². The predicted molar refractivity (Wildman–Crippen MR) is 91.2 cm³/mol. The van der Waals surface area contributed by atoms with Crippen LogP contribution in [0.1, 0.15) is 25.3 Å². The lowest BCUT2D eigenvalue weighted by molar-refractivity contribution is 0.231. The van der Waals surface area contributed by atoms with Crippen LogP contribution >= 0.6 is 0 Å². The number of carbonyl (C=O) groups is 1. The molecule has 0 saturated heterocycles. The highest BCUT2D eigenvalue weighted by molar-refractivity contribution is 5.90. The van der Waals surface area contributed by atoms with Crippen LogP contribution in [0.15, 0.2) is 48.5 Å². The van der Waals surface area contributed by atoms with Gasteiger partial charge in [0.2, 0.25) is 0 Å². The lowest BCUT2D eigenvalue weighted by Gasteiger charge is -2.15. The van der Waals surface area contributed by atoms with Gasteiger partial charge in [0.25, 0.3) is 0 Å². The molecule has 2 amide bonds. The number of carbonyl (C=O) groups excluding carboxylic acids is 1. The van der Waals surface area contributed by atoms with Gasteiger partial charge >= 0.3 is 6.03 Å². The number of hydrogen-bond acceptors (Lipinski definition) is 3. The fourth-order valence-electron chi connectivity index (χ4n) is 2.20. The SMILES string of the molecule is COc1ccccc1OCNC(=O)Nc1ccccc1C(C)C. The van der Waals surface area contributed by atoms with E-state index < -0.39 is 0 Å². The van der Waals surface area contributed by atoms with Crippen molar-refractivity contribution in [1.82, 2.24) is 5.32 Å². The monoisotopic (exact) mass is 314 g/mol. The van der Waals surface area contributed by atoms with Crippen LogP contribution in [0.2, 0.25) is 0 Å². The van der Waals surface area contributed by atoms with Crippen LogP contribution in [0.25, 0.3) is 0 Å². The molecule has 0 aliphatic carbocycles. The number of anilines is 1. The standard InChI is InChI=1S/C18H22N2O3/c1-13(2)14-8-4-5-9-15(14)20-18(21)19-12-23-17-11-7-6-10-16(17)22-3/h4-11,13H,12H2,1-3H3,(H2,19,20,21). The van der Waals surface area contributed by atoms with Crippen molar-refractivity contribution in [3.63, 3.8) is 0 Å². The van der Waals surface area contributed by atoms with E-state index in [1.165, 1.54) is 0 Å². The first kappa shape index (κ1) is 16.7. The first-order valence-electron chi connectivity index (χ1n) is 7.51. The second-order valence-electron chi connectivity index (χ2n) is 5.31. The molecule has 2 aromatic rings. The molecular weight excluding hydrogens is 292 g/mol. The van der Waals surface area contributed by atoms with Gasteiger partial charge in [-0.25, -0.2) is 4.79 Å². The maximum Gasteiger partial charge on any atom is 0.321 e. The zero-order valence-corrected chi connectivity index (χ0v) is 13.6. The van der Waals surface area contributed by atoms with E-state index in [2.05, 4.69) is 24.5 Å². The minimum Gasteiger partial charge on any atom is -0.493 e. The summed E-state index contributed by atoms with van der Waals surface area (Å²) < 4.78 is 10.7. The van der Waals surface area contributed by atoms with Crippen LogP contribution in [0.3, 0.4) is 0 Å². The van der Waals surface area contributed by atoms with Gasteiger partial charge in [0.15, 0.2) is 18.2 Å². The number of para-hydroxylation sites is 3. The summed E-state index contributed by atoms with van der Waals surface area (Å²) in [6.45, 7) is 4.22.